The molecule has 0 amide bonds. The molecule has 0 bridgehead atoms. The molecule has 2 rings (SSSR count). The van der Waals surface area contributed by atoms with Gasteiger partial charge in [-0.25, -0.2) is 0 Å². The Hall–Kier alpha value is -2.12. The minimum Gasteiger partial charge on any atom is -0.481 e. The molecule has 0 aliphatic heterocycles. The summed E-state index contributed by atoms with van der Waals surface area (Å²) in [6.45, 7) is 2.15. The van der Waals surface area contributed by atoms with E-state index in [1.807, 2.05) is 0 Å². The molecular weight excluding hydrogens is 392 g/mol. The van der Waals surface area contributed by atoms with Crippen molar-refractivity contribution in [3.8, 4) is 0 Å². The third kappa shape index (κ3) is 5.13. The van der Waals surface area contributed by atoms with Crippen LogP contribution in [0.15, 0.2) is 0 Å². The first kappa shape index (κ1) is 24.2. The van der Waals surface area contributed by atoms with Gasteiger partial charge in [-0.3, -0.25) is 19.2 Å². The van der Waals surface area contributed by atoms with Crippen molar-refractivity contribution in [3.63, 3.8) is 0 Å². The molecule has 170 valence electrons. The number of unbranched alkanes of at least 4 members (excludes halogenated alkanes) is 7. The highest BCUT2D eigenvalue weighted by atomic mass is 16.4. The maximum Gasteiger partial charge on any atom is 0.307 e. The second-order valence-electron chi connectivity index (χ2n) is 8.94. The number of carboxylic acids is 4. The summed E-state index contributed by atoms with van der Waals surface area (Å²) in [5, 5.41) is 38.4. The van der Waals surface area contributed by atoms with Crippen molar-refractivity contribution in [1.29, 1.82) is 0 Å². The number of hydrogen-bond donors (Lipinski definition) is 4. The Balaban J connectivity index is 2.10. The summed E-state index contributed by atoms with van der Waals surface area (Å²) in [5.41, 5.74) is 0. The maximum absolute atomic E-state index is 12.0. The lowest BCUT2D eigenvalue weighted by Gasteiger charge is -2.57. The molecule has 4 N–H and O–H groups in total. The molecule has 0 radical (unpaired) electrons. The highest BCUT2D eigenvalue weighted by molar-refractivity contribution is 5.85. The first-order valence-corrected chi connectivity index (χ1v) is 11.1. The molecule has 7 atom stereocenters. The van der Waals surface area contributed by atoms with E-state index in [4.69, 9.17) is 0 Å². The molecule has 8 heteroatoms. The van der Waals surface area contributed by atoms with E-state index in [-0.39, 0.29) is 6.42 Å². The minimum absolute atomic E-state index is 0.0916. The van der Waals surface area contributed by atoms with Crippen molar-refractivity contribution >= 4 is 23.9 Å². The Morgan fingerprint density at radius 2 is 1.17 bits per heavy atom. The van der Waals surface area contributed by atoms with E-state index in [0.29, 0.717) is 12.8 Å². The summed E-state index contributed by atoms with van der Waals surface area (Å²) in [5.74, 6) is -11.4. The predicted octanol–water partition coefficient (Wildman–Crippen LogP) is 3.59. The van der Waals surface area contributed by atoms with Crippen LogP contribution in [0.5, 0.6) is 0 Å². The van der Waals surface area contributed by atoms with Gasteiger partial charge in [0.05, 0.1) is 23.7 Å². The van der Waals surface area contributed by atoms with Crippen molar-refractivity contribution in [3.05, 3.63) is 0 Å². The summed E-state index contributed by atoms with van der Waals surface area (Å²) in [4.78, 5) is 47.1. The lowest BCUT2D eigenvalue weighted by molar-refractivity contribution is -0.200. The van der Waals surface area contributed by atoms with Gasteiger partial charge in [-0.05, 0) is 30.6 Å². The molecule has 2 aliphatic rings. The van der Waals surface area contributed by atoms with Crippen molar-refractivity contribution in [2.45, 2.75) is 71.1 Å². The Morgan fingerprint density at radius 3 is 1.63 bits per heavy atom. The molecule has 0 aromatic carbocycles. The van der Waals surface area contributed by atoms with Crippen LogP contribution in [0.4, 0.5) is 0 Å². The summed E-state index contributed by atoms with van der Waals surface area (Å²) < 4.78 is 0. The molecule has 0 aromatic rings. The Kier molecular flexibility index (Phi) is 8.67. The van der Waals surface area contributed by atoms with Crippen molar-refractivity contribution in [1.82, 2.24) is 0 Å². The normalized spacial score (nSPS) is 32.6. The Bertz CT molecular complexity index is 633. The second-order valence-corrected chi connectivity index (χ2v) is 8.94. The van der Waals surface area contributed by atoms with E-state index in [1.54, 1.807) is 0 Å². The molecule has 30 heavy (non-hydrogen) atoms. The fourth-order valence-electron chi connectivity index (χ4n) is 5.88. The zero-order chi connectivity index (χ0) is 22.4. The van der Waals surface area contributed by atoms with Gasteiger partial charge in [0, 0.05) is 0 Å². The van der Waals surface area contributed by atoms with Crippen LogP contribution in [0, 0.1) is 41.4 Å². The van der Waals surface area contributed by atoms with Gasteiger partial charge in [-0.2, -0.15) is 0 Å². The SMILES string of the molecule is CCCCCCCCCCC1C(C(=O)O)C(C(=O)O)CC2C(C(=O)O)C(C(=O)O)C12. The minimum atomic E-state index is -1.25. The standard InChI is InChI=1S/C22H34O8/c1-2-3-4-5-6-7-8-9-10-12-15-13(17(21(27)28)18(15)22(29)30)11-14(19(23)24)16(12)20(25)26/h12-18H,2-11H2,1H3,(H,23,24)(H,25,26)(H,27,28)(H,29,30). The molecular formula is C22H34O8. The summed E-state index contributed by atoms with van der Waals surface area (Å²) in [6, 6.07) is 0. The van der Waals surface area contributed by atoms with Crippen LogP contribution in [0.2, 0.25) is 0 Å². The third-order valence-electron chi connectivity index (χ3n) is 7.24. The molecule has 7 unspecified atom stereocenters. The number of aliphatic carboxylic acids is 4. The first-order chi connectivity index (χ1) is 14.2. The molecule has 2 aliphatic carbocycles. The zero-order valence-corrected chi connectivity index (χ0v) is 17.5. The van der Waals surface area contributed by atoms with Crippen LogP contribution in [0.1, 0.15) is 71.1 Å². The van der Waals surface area contributed by atoms with E-state index >= 15 is 0 Å². The first-order valence-electron chi connectivity index (χ1n) is 11.1. The van der Waals surface area contributed by atoms with Crippen LogP contribution in [0.25, 0.3) is 0 Å². The number of carboxylic acid groups (broad SMARTS) is 4. The van der Waals surface area contributed by atoms with E-state index in [1.165, 1.54) is 19.3 Å². The van der Waals surface area contributed by atoms with Gasteiger partial charge >= 0.3 is 23.9 Å². The highest BCUT2D eigenvalue weighted by Gasteiger charge is 2.65. The maximum atomic E-state index is 12.0. The lowest BCUT2D eigenvalue weighted by atomic mass is 9.44. The van der Waals surface area contributed by atoms with Crippen LogP contribution in [0.3, 0.4) is 0 Å². The molecule has 0 aromatic heterocycles. The number of hydrogen-bond acceptors (Lipinski definition) is 4. The van der Waals surface area contributed by atoms with Crippen molar-refractivity contribution < 1.29 is 39.6 Å². The van der Waals surface area contributed by atoms with Crippen LogP contribution in [-0.2, 0) is 19.2 Å². The quantitative estimate of drug-likeness (QED) is 0.326. The van der Waals surface area contributed by atoms with E-state index in [2.05, 4.69) is 6.92 Å². The molecule has 0 heterocycles. The van der Waals surface area contributed by atoms with Gasteiger partial charge in [0.25, 0.3) is 0 Å². The fourth-order valence-corrected chi connectivity index (χ4v) is 5.88. The molecule has 2 saturated carbocycles. The molecule has 0 saturated heterocycles. The van der Waals surface area contributed by atoms with Gasteiger partial charge in [0.1, 0.15) is 0 Å². The van der Waals surface area contributed by atoms with E-state index in [9.17, 15) is 39.6 Å². The highest BCUT2D eigenvalue weighted by Crippen LogP contribution is 2.60. The monoisotopic (exact) mass is 426 g/mol. The zero-order valence-electron chi connectivity index (χ0n) is 17.5. The van der Waals surface area contributed by atoms with Gasteiger partial charge in [0.15, 0.2) is 0 Å². The molecule has 8 nitrogen and oxygen atoms in total. The largest absolute Gasteiger partial charge is 0.481 e. The summed E-state index contributed by atoms with van der Waals surface area (Å²) in [7, 11) is 0. The Morgan fingerprint density at radius 1 is 0.667 bits per heavy atom. The van der Waals surface area contributed by atoms with Crippen LogP contribution < -0.4 is 0 Å². The molecule has 0 spiro atoms. The van der Waals surface area contributed by atoms with Crippen molar-refractivity contribution in [2.24, 2.45) is 41.4 Å². The Labute approximate surface area is 176 Å². The predicted molar refractivity (Wildman–Crippen MR) is 107 cm³/mol. The molecule has 2 fully saturated rings. The average molecular weight is 427 g/mol. The van der Waals surface area contributed by atoms with Gasteiger partial charge in [-0.1, -0.05) is 58.3 Å². The van der Waals surface area contributed by atoms with Crippen LogP contribution >= 0.6 is 0 Å². The van der Waals surface area contributed by atoms with Crippen molar-refractivity contribution in [2.75, 3.05) is 0 Å². The summed E-state index contributed by atoms with van der Waals surface area (Å²) in [6.07, 6.45) is 8.74. The van der Waals surface area contributed by atoms with Gasteiger partial charge in [-0.15, -0.1) is 0 Å². The van der Waals surface area contributed by atoms with Gasteiger partial charge in [0.2, 0.25) is 0 Å². The number of carbonyl (C=O) groups is 4. The third-order valence-corrected chi connectivity index (χ3v) is 7.24. The summed E-state index contributed by atoms with van der Waals surface area (Å²) >= 11 is 0. The average Bonchev–Trinajstić information content (AvgIpc) is 2.63. The fraction of sp³-hybridized carbons (Fsp3) is 0.818. The topological polar surface area (TPSA) is 149 Å². The second kappa shape index (κ2) is 10.8. The van der Waals surface area contributed by atoms with E-state index in [0.717, 1.165) is 25.7 Å². The lowest BCUT2D eigenvalue weighted by Crippen LogP contribution is -2.63. The number of fused-ring (bicyclic) bond motifs is 1. The van der Waals surface area contributed by atoms with E-state index < -0.39 is 65.3 Å². The van der Waals surface area contributed by atoms with Crippen LogP contribution in [-0.4, -0.2) is 44.3 Å². The van der Waals surface area contributed by atoms with Gasteiger partial charge < -0.3 is 20.4 Å². The smallest absolute Gasteiger partial charge is 0.307 e. The number of rotatable bonds is 13.